The van der Waals surface area contributed by atoms with Gasteiger partial charge in [-0.05, 0) is 68.9 Å². The van der Waals surface area contributed by atoms with Crippen LogP contribution in [0.4, 0.5) is 4.39 Å². The summed E-state index contributed by atoms with van der Waals surface area (Å²) < 4.78 is 15.2. The van der Waals surface area contributed by atoms with Crippen LogP contribution < -0.4 is 11.1 Å². The number of nitrogens with one attached hydrogen (secondary N) is 2. The van der Waals surface area contributed by atoms with E-state index in [9.17, 15) is 9.59 Å². The molecule has 1 heterocycles. The molecular formula is C22H24FN3O2. The van der Waals surface area contributed by atoms with Gasteiger partial charge in [-0.3, -0.25) is 9.59 Å². The Morgan fingerprint density at radius 3 is 2.86 bits per heavy atom. The molecule has 0 spiro atoms. The Kier molecular flexibility index (Phi) is 4.84. The van der Waals surface area contributed by atoms with Crippen molar-refractivity contribution in [3.8, 4) is 11.8 Å². The quantitative estimate of drug-likeness (QED) is 0.714. The fourth-order valence-electron chi connectivity index (χ4n) is 4.93. The Hall–Kier alpha value is -2.81. The normalized spacial score (nSPS) is 21.1. The highest BCUT2D eigenvalue weighted by Gasteiger charge is 2.31. The van der Waals surface area contributed by atoms with Crippen LogP contribution in [0, 0.1) is 17.7 Å². The van der Waals surface area contributed by atoms with Gasteiger partial charge >= 0.3 is 0 Å². The molecule has 4 N–H and O–H groups in total. The SMILES string of the molecule is CC#CC(=O)N[C@H]1CCC[C@@H](c2c(F)cc(C(N)=O)c3[nH]c4c(c23)CCC4)C1. The van der Waals surface area contributed by atoms with E-state index in [1.165, 1.54) is 6.07 Å². The van der Waals surface area contributed by atoms with E-state index in [4.69, 9.17) is 5.73 Å². The van der Waals surface area contributed by atoms with Crippen LogP contribution in [0.1, 0.15) is 72.1 Å². The third-order valence-electron chi connectivity index (χ3n) is 6.03. The topological polar surface area (TPSA) is 88.0 Å². The van der Waals surface area contributed by atoms with E-state index in [-0.39, 0.29) is 29.2 Å². The lowest BCUT2D eigenvalue weighted by Crippen LogP contribution is -2.37. The molecule has 2 atom stereocenters. The second-order valence-corrected chi connectivity index (χ2v) is 7.78. The van der Waals surface area contributed by atoms with Gasteiger partial charge in [-0.15, -0.1) is 0 Å². The number of aromatic amines is 1. The molecule has 2 aliphatic rings. The number of benzene rings is 1. The van der Waals surface area contributed by atoms with Gasteiger partial charge in [0.2, 0.25) is 0 Å². The van der Waals surface area contributed by atoms with Crippen LogP contribution in [-0.4, -0.2) is 22.8 Å². The Bertz CT molecular complexity index is 1030. The third kappa shape index (κ3) is 3.15. The predicted molar refractivity (Wildman–Crippen MR) is 105 cm³/mol. The number of aryl methyl sites for hydroxylation is 2. The van der Waals surface area contributed by atoms with Gasteiger partial charge in [0.15, 0.2) is 0 Å². The van der Waals surface area contributed by atoms with E-state index in [1.54, 1.807) is 6.92 Å². The number of hydrogen-bond donors (Lipinski definition) is 3. The van der Waals surface area contributed by atoms with Gasteiger partial charge in [0.25, 0.3) is 11.8 Å². The number of primary amides is 1. The molecule has 2 aromatic rings. The minimum absolute atomic E-state index is 0.0152. The third-order valence-corrected chi connectivity index (χ3v) is 6.03. The highest BCUT2D eigenvalue weighted by atomic mass is 19.1. The lowest BCUT2D eigenvalue weighted by Gasteiger charge is -2.30. The lowest BCUT2D eigenvalue weighted by atomic mass is 9.79. The average molecular weight is 381 g/mol. The number of fused-ring (bicyclic) bond motifs is 3. The number of carbonyl (C=O) groups is 2. The van der Waals surface area contributed by atoms with Crippen LogP contribution >= 0.6 is 0 Å². The predicted octanol–water partition coefficient (Wildman–Crippen LogP) is 3.06. The number of nitrogens with two attached hydrogens (primary N) is 1. The number of H-pyrrole nitrogens is 1. The molecule has 28 heavy (non-hydrogen) atoms. The highest BCUT2D eigenvalue weighted by molar-refractivity contribution is 6.07. The maximum atomic E-state index is 15.2. The second kappa shape index (κ2) is 7.31. The molecule has 0 aliphatic heterocycles. The Balaban J connectivity index is 1.77. The van der Waals surface area contributed by atoms with E-state index in [0.717, 1.165) is 55.2 Å². The minimum atomic E-state index is -0.623. The first-order valence-corrected chi connectivity index (χ1v) is 9.88. The molecule has 1 saturated carbocycles. The number of rotatable bonds is 3. The summed E-state index contributed by atoms with van der Waals surface area (Å²) in [7, 11) is 0. The van der Waals surface area contributed by atoms with Crippen molar-refractivity contribution in [1.29, 1.82) is 0 Å². The average Bonchev–Trinajstić information content (AvgIpc) is 3.23. The smallest absolute Gasteiger partial charge is 0.296 e. The van der Waals surface area contributed by atoms with E-state index >= 15 is 4.39 Å². The number of hydrogen-bond acceptors (Lipinski definition) is 2. The van der Waals surface area contributed by atoms with Crippen LogP contribution in [0.2, 0.25) is 0 Å². The molecule has 1 fully saturated rings. The zero-order valence-electron chi connectivity index (χ0n) is 16.0. The van der Waals surface area contributed by atoms with Crippen LogP contribution in [-0.2, 0) is 17.6 Å². The molecule has 2 aliphatic carbocycles. The van der Waals surface area contributed by atoms with Crippen LogP contribution in [0.5, 0.6) is 0 Å². The number of aromatic nitrogens is 1. The summed E-state index contributed by atoms with van der Waals surface area (Å²) in [4.78, 5) is 27.1. The maximum Gasteiger partial charge on any atom is 0.296 e. The van der Waals surface area contributed by atoms with Crippen molar-refractivity contribution in [2.24, 2.45) is 5.73 Å². The van der Waals surface area contributed by atoms with Crippen molar-refractivity contribution < 1.29 is 14.0 Å². The number of halogens is 1. The minimum Gasteiger partial charge on any atom is -0.366 e. The molecule has 4 rings (SSSR count). The van der Waals surface area contributed by atoms with Crippen LogP contribution in [0.3, 0.4) is 0 Å². The van der Waals surface area contributed by atoms with E-state index in [1.807, 2.05) is 0 Å². The first-order chi connectivity index (χ1) is 13.5. The molecule has 0 saturated heterocycles. The van der Waals surface area contributed by atoms with Crippen molar-refractivity contribution in [2.45, 2.75) is 63.8 Å². The lowest BCUT2D eigenvalue weighted by molar-refractivity contribution is -0.116. The zero-order chi connectivity index (χ0) is 19.8. The Morgan fingerprint density at radius 2 is 2.11 bits per heavy atom. The van der Waals surface area contributed by atoms with E-state index in [2.05, 4.69) is 22.1 Å². The highest BCUT2D eigenvalue weighted by Crippen LogP contribution is 2.42. The van der Waals surface area contributed by atoms with Gasteiger partial charge in [0, 0.05) is 22.7 Å². The Morgan fingerprint density at radius 1 is 1.29 bits per heavy atom. The Labute approximate surface area is 163 Å². The molecule has 0 unspecified atom stereocenters. The maximum absolute atomic E-state index is 15.2. The summed E-state index contributed by atoms with van der Waals surface area (Å²) in [6, 6.07) is 1.25. The van der Waals surface area contributed by atoms with Gasteiger partial charge in [-0.2, -0.15) is 0 Å². The van der Waals surface area contributed by atoms with E-state index < -0.39 is 5.91 Å². The van der Waals surface area contributed by atoms with Crippen molar-refractivity contribution in [2.75, 3.05) is 0 Å². The van der Waals surface area contributed by atoms with Gasteiger partial charge in [-0.25, -0.2) is 4.39 Å². The number of carbonyl (C=O) groups excluding carboxylic acids is 2. The van der Waals surface area contributed by atoms with Crippen molar-refractivity contribution in [1.82, 2.24) is 10.3 Å². The first kappa shape index (κ1) is 18.5. The molecule has 5 nitrogen and oxygen atoms in total. The molecular weight excluding hydrogens is 357 g/mol. The first-order valence-electron chi connectivity index (χ1n) is 9.88. The van der Waals surface area contributed by atoms with Crippen molar-refractivity contribution in [3.63, 3.8) is 0 Å². The number of amides is 2. The molecule has 146 valence electrons. The fourth-order valence-corrected chi connectivity index (χ4v) is 4.93. The zero-order valence-corrected chi connectivity index (χ0v) is 16.0. The van der Waals surface area contributed by atoms with Gasteiger partial charge in [0.05, 0.1) is 11.1 Å². The van der Waals surface area contributed by atoms with Crippen LogP contribution in [0.15, 0.2) is 6.07 Å². The van der Waals surface area contributed by atoms with Gasteiger partial charge in [0.1, 0.15) is 5.82 Å². The molecule has 0 radical (unpaired) electrons. The van der Waals surface area contributed by atoms with Crippen LogP contribution in [0.25, 0.3) is 10.9 Å². The largest absolute Gasteiger partial charge is 0.366 e. The molecule has 2 amide bonds. The summed E-state index contributed by atoms with van der Waals surface area (Å²) >= 11 is 0. The standard InChI is InChI=1S/C22H24FN3O2/c1-2-5-18(27)25-13-7-3-6-12(10-13)19-16(23)11-15(22(24)28)21-20(19)14-8-4-9-17(14)26-21/h11-13,26H,3-4,6-10H2,1H3,(H2,24,28)(H,25,27)/t12-,13+/m1/s1. The summed E-state index contributed by atoms with van der Waals surface area (Å²) in [5.74, 6) is 3.81. The van der Waals surface area contributed by atoms with E-state index in [0.29, 0.717) is 17.5 Å². The monoisotopic (exact) mass is 381 g/mol. The van der Waals surface area contributed by atoms with Gasteiger partial charge in [-0.1, -0.05) is 12.3 Å². The second-order valence-electron chi connectivity index (χ2n) is 7.78. The summed E-state index contributed by atoms with van der Waals surface area (Å²) in [6.45, 7) is 1.63. The summed E-state index contributed by atoms with van der Waals surface area (Å²) in [5, 5.41) is 3.79. The molecule has 6 heteroatoms. The molecule has 0 bridgehead atoms. The summed E-state index contributed by atoms with van der Waals surface area (Å²) in [6.07, 6.45) is 6.10. The molecule has 1 aromatic heterocycles. The fraction of sp³-hybridized carbons (Fsp3) is 0.455. The molecule has 1 aromatic carbocycles. The van der Waals surface area contributed by atoms with Crippen molar-refractivity contribution in [3.05, 3.63) is 34.3 Å². The summed E-state index contributed by atoms with van der Waals surface area (Å²) in [5.41, 5.74) is 9.26. The van der Waals surface area contributed by atoms with Crippen molar-refractivity contribution >= 4 is 22.7 Å². The van der Waals surface area contributed by atoms with Gasteiger partial charge < -0.3 is 16.0 Å².